The number of anilines is 2. The highest BCUT2D eigenvalue weighted by molar-refractivity contribution is 5.95. The van der Waals surface area contributed by atoms with E-state index in [1.54, 1.807) is 12.1 Å². The molecular formula is C41H49ClN6O3. The van der Waals surface area contributed by atoms with Crippen molar-refractivity contribution >= 4 is 35.7 Å². The molecule has 2 heterocycles. The molecule has 9 nitrogen and oxygen atoms in total. The van der Waals surface area contributed by atoms with Gasteiger partial charge in [-0.2, -0.15) is 10.5 Å². The number of nitrogens with two attached hydrogens (primary N) is 2. The number of nitrogen functional groups attached to an aromatic ring is 2. The third-order valence-corrected chi connectivity index (χ3v) is 9.20. The predicted molar refractivity (Wildman–Crippen MR) is 207 cm³/mol. The van der Waals surface area contributed by atoms with E-state index in [1.807, 2.05) is 67.3 Å². The van der Waals surface area contributed by atoms with Gasteiger partial charge in [-0.1, -0.05) is 43.8 Å². The topological polar surface area (TPSA) is 169 Å². The number of rotatable bonds is 4. The zero-order valence-electron chi connectivity index (χ0n) is 28.6. The number of nitrogens with zero attached hydrogens (tertiary/aromatic N) is 3. The molecule has 1 amide bonds. The molecule has 2 saturated heterocycles. The molecule has 0 aromatic heterocycles. The Bertz CT molecular complexity index is 1820. The summed E-state index contributed by atoms with van der Waals surface area (Å²) >= 11 is 0. The number of nitrogens with one attached hydrogen (secondary N) is 1. The van der Waals surface area contributed by atoms with Crippen LogP contribution < -0.4 is 16.8 Å². The van der Waals surface area contributed by atoms with Crippen LogP contribution in [0.25, 0.3) is 0 Å². The molecule has 0 radical (unpaired) electrons. The molecule has 0 atom stereocenters. The number of carbonyl (C=O) groups excluding carboxylic acids is 1. The fourth-order valence-electron chi connectivity index (χ4n) is 5.96. The minimum atomic E-state index is -0.947. The summed E-state index contributed by atoms with van der Waals surface area (Å²) in [4.78, 5) is 24.9. The van der Waals surface area contributed by atoms with Gasteiger partial charge in [-0.05, 0) is 135 Å². The summed E-state index contributed by atoms with van der Waals surface area (Å²) in [5, 5.41) is 29.5. The molecule has 2 aliphatic heterocycles. The summed E-state index contributed by atoms with van der Waals surface area (Å²) in [6.07, 6.45) is 4.32. The van der Waals surface area contributed by atoms with Crippen LogP contribution in [0.2, 0.25) is 0 Å². The van der Waals surface area contributed by atoms with E-state index in [0.717, 1.165) is 55.7 Å². The summed E-state index contributed by atoms with van der Waals surface area (Å²) in [5.74, 6) is 0.241. The van der Waals surface area contributed by atoms with Crippen molar-refractivity contribution in [3.05, 3.63) is 129 Å². The Morgan fingerprint density at radius 1 is 0.706 bits per heavy atom. The van der Waals surface area contributed by atoms with Gasteiger partial charge in [0.2, 0.25) is 0 Å². The first-order chi connectivity index (χ1) is 23.6. The second kappa shape index (κ2) is 20.4. The summed E-state index contributed by atoms with van der Waals surface area (Å²) in [6.45, 7) is 7.50. The van der Waals surface area contributed by atoms with E-state index in [9.17, 15) is 9.59 Å². The number of nitriles is 2. The SMILES string of the molecule is C.Cc1ccc(C(=O)N2CCC(c3ccc(C#N)cc3)CC2)cc1N.Cc1ccc(C(=O)O)cc1N.Cl.N#Cc1ccc(C2CCNCC2)cc1. The van der Waals surface area contributed by atoms with Crippen molar-refractivity contribution in [2.45, 2.75) is 58.8 Å². The molecule has 0 spiro atoms. The Labute approximate surface area is 308 Å². The van der Waals surface area contributed by atoms with Gasteiger partial charge >= 0.3 is 5.97 Å². The van der Waals surface area contributed by atoms with Crippen molar-refractivity contribution < 1.29 is 14.7 Å². The summed E-state index contributed by atoms with van der Waals surface area (Å²) in [5.41, 5.74) is 19.4. The summed E-state index contributed by atoms with van der Waals surface area (Å²) < 4.78 is 0. The van der Waals surface area contributed by atoms with Crippen LogP contribution in [0.3, 0.4) is 0 Å². The molecule has 10 heteroatoms. The van der Waals surface area contributed by atoms with E-state index in [2.05, 4.69) is 29.6 Å². The van der Waals surface area contributed by atoms with Crippen LogP contribution in [0, 0.1) is 36.5 Å². The Morgan fingerprint density at radius 3 is 1.53 bits per heavy atom. The lowest BCUT2D eigenvalue weighted by Crippen LogP contribution is -2.37. The minimum absolute atomic E-state index is 0. The van der Waals surface area contributed by atoms with E-state index in [-0.39, 0.29) is 31.3 Å². The molecule has 6 rings (SSSR count). The van der Waals surface area contributed by atoms with Crippen LogP contribution in [0.15, 0.2) is 84.9 Å². The van der Waals surface area contributed by atoms with E-state index >= 15 is 0 Å². The Hall–Kier alpha value is -5.35. The number of benzene rings is 4. The van der Waals surface area contributed by atoms with Crippen molar-refractivity contribution in [1.82, 2.24) is 10.2 Å². The third-order valence-electron chi connectivity index (χ3n) is 9.20. The predicted octanol–water partition coefficient (Wildman–Crippen LogP) is 7.83. The lowest BCUT2D eigenvalue weighted by Gasteiger charge is -2.32. The van der Waals surface area contributed by atoms with Gasteiger partial charge in [0.1, 0.15) is 0 Å². The Morgan fingerprint density at radius 2 is 1.12 bits per heavy atom. The maximum absolute atomic E-state index is 12.6. The molecule has 2 fully saturated rings. The fraction of sp³-hybridized carbons (Fsp3) is 0.317. The number of halogens is 1. The first-order valence-corrected chi connectivity index (χ1v) is 16.5. The highest BCUT2D eigenvalue weighted by Gasteiger charge is 2.25. The number of carbonyl (C=O) groups is 2. The van der Waals surface area contributed by atoms with Gasteiger partial charge in [0.05, 0.1) is 28.8 Å². The number of carboxylic acids is 1. The van der Waals surface area contributed by atoms with Gasteiger partial charge in [-0.15, -0.1) is 12.4 Å². The number of likely N-dealkylation sites (tertiary alicyclic amines) is 1. The average Bonchev–Trinajstić information content (AvgIpc) is 3.14. The Kier molecular flexibility index (Phi) is 16.7. The van der Waals surface area contributed by atoms with Gasteiger partial charge < -0.3 is 26.8 Å². The molecule has 0 saturated carbocycles. The zero-order chi connectivity index (χ0) is 35.3. The number of aryl methyl sites for hydroxylation is 2. The quantitative estimate of drug-likeness (QED) is 0.156. The molecule has 2 aliphatic rings. The second-order valence-electron chi connectivity index (χ2n) is 12.5. The Balaban J connectivity index is 0.000000285. The highest BCUT2D eigenvalue weighted by atomic mass is 35.5. The van der Waals surface area contributed by atoms with Crippen LogP contribution >= 0.6 is 12.4 Å². The van der Waals surface area contributed by atoms with Crippen molar-refractivity contribution in [3.63, 3.8) is 0 Å². The minimum Gasteiger partial charge on any atom is -0.478 e. The van der Waals surface area contributed by atoms with E-state index in [0.29, 0.717) is 34.3 Å². The summed E-state index contributed by atoms with van der Waals surface area (Å²) in [6, 6.07) is 30.3. The lowest BCUT2D eigenvalue weighted by molar-refractivity contribution is 0.0693. The van der Waals surface area contributed by atoms with Gasteiger partial charge in [0.15, 0.2) is 0 Å². The van der Waals surface area contributed by atoms with Gasteiger partial charge in [0, 0.05) is 30.0 Å². The highest BCUT2D eigenvalue weighted by Crippen LogP contribution is 2.29. The van der Waals surface area contributed by atoms with Crippen molar-refractivity contribution in [2.24, 2.45) is 0 Å². The monoisotopic (exact) mass is 708 g/mol. The molecule has 6 N–H and O–H groups in total. The summed E-state index contributed by atoms with van der Waals surface area (Å²) in [7, 11) is 0. The maximum atomic E-state index is 12.6. The first kappa shape index (κ1) is 41.8. The molecule has 0 unspecified atom stereocenters. The van der Waals surface area contributed by atoms with Crippen LogP contribution in [0.4, 0.5) is 11.4 Å². The van der Waals surface area contributed by atoms with Crippen molar-refractivity contribution in [3.8, 4) is 12.1 Å². The first-order valence-electron chi connectivity index (χ1n) is 16.5. The van der Waals surface area contributed by atoms with E-state index in [1.165, 1.54) is 36.1 Å². The van der Waals surface area contributed by atoms with Gasteiger partial charge in [-0.3, -0.25) is 4.79 Å². The van der Waals surface area contributed by atoms with Crippen LogP contribution in [-0.2, 0) is 0 Å². The number of amides is 1. The van der Waals surface area contributed by atoms with E-state index in [4.69, 9.17) is 27.1 Å². The van der Waals surface area contributed by atoms with Crippen molar-refractivity contribution in [2.75, 3.05) is 37.6 Å². The van der Waals surface area contributed by atoms with Crippen LogP contribution in [0.5, 0.6) is 0 Å². The molecule has 268 valence electrons. The smallest absolute Gasteiger partial charge is 0.335 e. The standard InChI is InChI=1S/C20H21N3O.C12H14N2.C8H9NO2.CH4.ClH/c1-14-2-5-18(12-19(14)22)20(24)23-10-8-17(9-11-23)16-6-3-15(13-21)4-7-16;13-9-10-1-3-11(4-2-10)12-5-7-14-8-6-12;1-5-2-3-6(8(10)11)4-7(5)9;;/h2-7,12,17H,8-11,22H2,1H3;1-4,12,14H,5-8H2;2-4H,9H2,1H3,(H,10,11);1H4;1H. The maximum Gasteiger partial charge on any atom is 0.335 e. The third kappa shape index (κ3) is 11.9. The number of hydrogen-bond acceptors (Lipinski definition) is 7. The molecule has 0 bridgehead atoms. The number of piperidine rings is 2. The van der Waals surface area contributed by atoms with Crippen LogP contribution in [0.1, 0.15) is 99.0 Å². The molecular weight excluding hydrogens is 660 g/mol. The van der Waals surface area contributed by atoms with Gasteiger partial charge in [0.25, 0.3) is 5.91 Å². The van der Waals surface area contributed by atoms with Gasteiger partial charge in [-0.25, -0.2) is 4.79 Å². The largest absolute Gasteiger partial charge is 0.478 e. The van der Waals surface area contributed by atoms with Crippen molar-refractivity contribution in [1.29, 1.82) is 10.5 Å². The van der Waals surface area contributed by atoms with E-state index < -0.39 is 5.97 Å². The number of hydrogen-bond donors (Lipinski definition) is 4. The number of aromatic carboxylic acids is 1. The number of carboxylic acid groups (broad SMARTS) is 1. The molecule has 0 aliphatic carbocycles. The van der Waals surface area contributed by atoms with Crippen LogP contribution in [-0.4, -0.2) is 48.1 Å². The fourth-order valence-corrected chi connectivity index (χ4v) is 5.96. The zero-order valence-corrected chi connectivity index (χ0v) is 29.4. The molecule has 51 heavy (non-hydrogen) atoms. The molecule has 4 aromatic carbocycles. The average molecular weight is 709 g/mol. The lowest BCUT2D eigenvalue weighted by atomic mass is 9.89. The molecule has 4 aromatic rings. The second-order valence-corrected chi connectivity index (χ2v) is 12.5. The normalized spacial score (nSPS) is 14.0.